The highest BCUT2D eigenvalue weighted by Crippen LogP contribution is 2.27. The van der Waals surface area contributed by atoms with Crippen molar-refractivity contribution in [2.45, 2.75) is 44.7 Å². The molecule has 2 heterocycles. The Bertz CT molecular complexity index is 955. The zero-order chi connectivity index (χ0) is 19.6. The number of rotatable bonds is 4. The average Bonchev–Trinajstić information content (AvgIpc) is 2.66. The first-order valence-corrected chi connectivity index (χ1v) is 9.01. The molecule has 8 heteroatoms. The minimum atomic E-state index is -0.267. The van der Waals surface area contributed by atoms with E-state index >= 15 is 0 Å². The lowest BCUT2D eigenvalue weighted by Gasteiger charge is -2.29. The van der Waals surface area contributed by atoms with Gasteiger partial charge in [-0.3, -0.25) is 14.4 Å². The first-order valence-electron chi connectivity index (χ1n) is 9.01. The van der Waals surface area contributed by atoms with E-state index in [4.69, 9.17) is 4.74 Å². The molecule has 1 amide bonds. The van der Waals surface area contributed by atoms with Crippen molar-refractivity contribution in [3.63, 3.8) is 0 Å². The smallest absolute Gasteiger partial charge is 0.267 e. The Morgan fingerprint density at radius 2 is 1.89 bits per heavy atom. The normalized spacial score (nSPS) is 19.5. The van der Waals surface area contributed by atoms with Crippen LogP contribution in [0, 0.1) is 6.92 Å². The second-order valence-electron chi connectivity index (χ2n) is 6.94. The van der Waals surface area contributed by atoms with Gasteiger partial charge in [0.1, 0.15) is 5.75 Å². The second kappa shape index (κ2) is 7.77. The first-order chi connectivity index (χ1) is 12.9. The molecule has 1 N–H and O–H groups in total. The third kappa shape index (κ3) is 4.10. The summed E-state index contributed by atoms with van der Waals surface area (Å²) in [4.78, 5) is 36.4. The van der Waals surface area contributed by atoms with Crippen LogP contribution in [0.3, 0.4) is 0 Å². The van der Waals surface area contributed by atoms with Crippen molar-refractivity contribution in [2.24, 2.45) is 7.05 Å². The van der Waals surface area contributed by atoms with E-state index in [-0.39, 0.29) is 34.9 Å². The Kier molecular flexibility index (Phi) is 5.43. The molecule has 0 spiro atoms. The Morgan fingerprint density at radius 3 is 2.56 bits per heavy atom. The molecular weight excluding hydrogens is 348 g/mol. The Morgan fingerprint density at radius 1 is 1.19 bits per heavy atom. The predicted molar refractivity (Wildman–Crippen MR) is 100 cm³/mol. The molecule has 8 nitrogen and oxygen atoms in total. The van der Waals surface area contributed by atoms with E-state index in [1.165, 1.54) is 23.9 Å². The van der Waals surface area contributed by atoms with Gasteiger partial charge < -0.3 is 14.6 Å². The molecular formula is C19H24N4O4. The summed E-state index contributed by atoms with van der Waals surface area (Å²) in [5.74, 6) is -0.00320. The molecule has 2 aromatic rings. The van der Waals surface area contributed by atoms with E-state index in [1.807, 2.05) is 6.92 Å². The minimum Gasteiger partial charge on any atom is -0.496 e. The van der Waals surface area contributed by atoms with Crippen LogP contribution in [-0.4, -0.2) is 33.4 Å². The third-order valence-corrected chi connectivity index (χ3v) is 4.99. The zero-order valence-electron chi connectivity index (χ0n) is 15.8. The SMILES string of the molecule is COc1cc(=O)n(C)cc1C(=O)NC1CCC(n2nc(C)ccc2=O)CC1. The van der Waals surface area contributed by atoms with Crippen molar-refractivity contribution in [1.82, 2.24) is 19.7 Å². The molecule has 0 aromatic carbocycles. The number of hydrogen-bond donors (Lipinski definition) is 1. The number of hydrogen-bond acceptors (Lipinski definition) is 5. The predicted octanol–water partition coefficient (Wildman–Crippen LogP) is 1.17. The van der Waals surface area contributed by atoms with Gasteiger partial charge in [-0.25, -0.2) is 4.68 Å². The van der Waals surface area contributed by atoms with Crippen LogP contribution in [-0.2, 0) is 7.05 Å². The number of aryl methyl sites for hydroxylation is 2. The minimum absolute atomic E-state index is 0.0104. The van der Waals surface area contributed by atoms with Crippen LogP contribution in [0.1, 0.15) is 47.8 Å². The summed E-state index contributed by atoms with van der Waals surface area (Å²) in [7, 11) is 3.03. The first kappa shape index (κ1) is 18.9. The number of carbonyl (C=O) groups is 1. The highest BCUT2D eigenvalue weighted by Gasteiger charge is 2.26. The van der Waals surface area contributed by atoms with E-state index in [0.29, 0.717) is 5.56 Å². The van der Waals surface area contributed by atoms with Crippen molar-refractivity contribution in [2.75, 3.05) is 7.11 Å². The molecule has 3 rings (SSSR count). The van der Waals surface area contributed by atoms with Crippen LogP contribution in [0.5, 0.6) is 5.75 Å². The number of methoxy groups -OCH3 is 1. The van der Waals surface area contributed by atoms with Crippen LogP contribution in [0.15, 0.2) is 34.0 Å². The molecule has 1 aliphatic carbocycles. The van der Waals surface area contributed by atoms with Crippen molar-refractivity contribution in [3.05, 3.63) is 56.4 Å². The summed E-state index contributed by atoms with van der Waals surface area (Å²) in [5, 5.41) is 7.35. The number of aromatic nitrogens is 3. The van der Waals surface area contributed by atoms with Crippen LogP contribution < -0.4 is 21.2 Å². The van der Waals surface area contributed by atoms with Crippen molar-refractivity contribution >= 4 is 5.91 Å². The molecule has 0 radical (unpaired) electrons. The van der Waals surface area contributed by atoms with Gasteiger partial charge in [-0.1, -0.05) is 0 Å². The summed E-state index contributed by atoms with van der Waals surface area (Å²) in [6, 6.07) is 4.63. The van der Waals surface area contributed by atoms with E-state index in [2.05, 4.69) is 10.4 Å². The maximum Gasteiger partial charge on any atom is 0.267 e. The van der Waals surface area contributed by atoms with Gasteiger partial charge in [-0.15, -0.1) is 0 Å². The highest BCUT2D eigenvalue weighted by molar-refractivity contribution is 5.96. The van der Waals surface area contributed by atoms with Crippen molar-refractivity contribution in [3.8, 4) is 5.75 Å². The summed E-state index contributed by atoms with van der Waals surface area (Å²) in [6.45, 7) is 1.86. The molecule has 1 saturated carbocycles. The van der Waals surface area contributed by atoms with E-state index < -0.39 is 0 Å². The van der Waals surface area contributed by atoms with E-state index in [9.17, 15) is 14.4 Å². The van der Waals surface area contributed by atoms with Gasteiger partial charge in [0.2, 0.25) is 0 Å². The number of pyridine rings is 1. The Balaban J connectivity index is 1.67. The molecule has 0 bridgehead atoms. The fourth-order valence-electron chi connectivity index (χ4n) is 3.46. The number of nitrogens with one attached hydrogen (secondary N) is 1. The lowest BCUT2D eigenvalue weighted by atomic mass is 9.91. The van der Waals surface area contributed by atoms with Gasteiger partial charge in [-0.2, -0.15) is 5.10 Å². The molecule has 0 atom stereocenters. The standard InChI is InChI=1S/C19H24N4O4/c1-12-4-9-17(24)23(21-12)14-7-5-13(6-8-14)20-19(26)15-11-22(2)18(25)10-16(15)27-3/h4,9-11,13-14H,5-8H2,1-3H3,(H,20,26). The largest absolute Gasteiger partial charge is 0.496 e. The lowest BCUT2D eigenvalue weighted by Crippen LogP contribution is -2.40. The van der Waals surface area contributed by atoms with Crippen molar-refractivity contribution in [1.29, 1.82) is 0 Å². The van der Waals surface area contributed by atoms with Gasteiger partial charge in [-0.05, 0) is 38.7 Å². The topological polar surface area (TPSA) is 95.2 Å². The lowest BCUT2D eigenvalue weighted by molar-refractivity contribution is 0.0917. The summed E-state index contributed by atoms with van der Waals surface area (Å²) in [6.07, 6.45) is 4.54. The molecule has 2 aromatic heterocycles. The van der Waals surface area contributed by atoms with Crippen LogP contribution in [0.4, 0.5) is 0 Å². The van der Waals surface area contributed by atoms with Gasteiger partial charge >= 0.3 is 0 Å². The van der Waals surface area contributed by atoms with Gasteiger partial charge in [0, 0.05) is 31.4 Å². The van der Waals surface area contributed by atoms with Gasteiger partial charge in [0.25, 0.3) is 17.0 Å². The molecule has 27 heavy (non-hydrogen) atoms. The second-order valence-corrected chi connectivity index (χ2v) is 6.94. The highest BCUT2D eigenvalue weighted by atomic mass is 16.5. The van der Waals surface area contributed by atoms with Crippen LogP contribution >= 0.6 is 0 Å². The fourth-order valence-corrected chi connectivity index (χ4v) is 3.46. The summed E-state index contributed by atoms with van der Waals surface area (Å²) >= 11 is 0. The quantitative estimate of drug-likeness (QED) is 0.869. The molecule has 1 aliphatic rings. The molecule has 0 aliphatic heterocycles. The summed E-state index contributed by atoms with van der Waals surface area (Å²) in [5.41, 5.74) is 0.813. The molecule has 0 saturated heterocycles. The fraction of sp³-hybridized carbons (Fsp3) is 0.474. The summed E-state index contributed by atoms with van der Waals surface area (Å²) < 4.78 is 8.08. The van der Waals surface area contributed by atoms with Gasteiger partial charge in [0.15, 0.2) is 0 Å². The Hall–Kier alpha value is -2.90. The maximum atomic E-state index is 12.6. The van der Waals surface area contributed by atoms with E-state index in [0.717, 1.165) is 31.4 Å². The number of ether oxygens (including phenoxy) is 1. The molecule has 0 unspecified atom stereocenters. The van der Waals surface area contributed by atoms with Crippen LogP contribution in [0.25, 0.3) is 0 Å². The number of nitrogens with zero attached hydrogens (tertiary/aromatic N) is 3. The molecule has 1 fully saturated rings. The van der Waals surface area contributed by atoms with Crippen LogP contribution in [0.2, 0.25) is 0 Å². The number of amides is 1. The monoisotopic (exact) mass is 372 g/mol. The Labute approximate surface area is 156 Å². The van der Waals surface area contributed by atoms with Crippen molar-refractivity contribution < 1.29 is 9.53 Å². The third-order valence-electron chi connectivity index (χ3n) is 4.99. The van der Waals surface area contributed by atoms with E-state index in [1.54, 1.807) is 23.9 Å². The number of carbonyl (C=O) groups excluding carboxylic acids is 1. The average molecular weight is 372 g/mol. The maximum absolute atomic E-state index is 12.6. The molecule has 144 valence electrons. The zero-order valence-corrected chi connectivity index (χ0v) is 15.8. The van der Waals surface area contributed by atoms with Gasteiger partial charge in [0.05, 0.1) is 24.4 Å².